The molecule has 1 aliphatic rings. The minimum Gasteiger partial charge on any atom is -0.359 e. The summed E-state index contributed by atoms with van der Waals surface area (Å²) in [6, 6.07) is 2.05. The summed E-state index contributed by atoms with van der Waals surface area (Å²) in [5.74, 6) is 1.63. The first-order valence-electron chi connectivity index (χ1n) is 6.97. The Hall–Kier alpha value is -1.89. The first-order valence-corrected chi connectivity index (χ1v) is 7.85. The van der Waals surface area contributed by atoms with Crippen molar-refractivity contribution in [2.75, 3.05) is 37.4 Å². The highest BCUT2D eigenvalue weighted by Gasteiger charge is 2.40. The molecule has 3 heterocycles. The average molecular weight is 305 g/mol. The van der Waals surface area contributed by atoms with Crippen molar-refractivity contribution >= 4 is 39.2 Å². The molecule has 1 unspecified atom stereocenters. The van der Waals surface area contributed by atoms with Crippen molar-refractivity contribution < 1.29 is 4.79 Å². The molecular weight excluding hydrogens is 286 g/mol. The van der Waals surface area contributed by atoms with Crippen LogP contribution in [0.4, 0.5) is 11.8 Å². The van der Waals surface area contributed by atoms with Crippen molar-refractivity contribution in [2.24, 2.45) is 5.41 Å². The molecule has 1 saturated heterocycles. The third-order valence-electron chi connectivity index (χ3n) is 4.08. The number of carbonyl (C=O) groups excluding carboxylic acids is 1. The van der Waals surface area contributed by atoms with E-state index in [2.05, 4.69) is 25.5 Å². The Labute approximate surface area is 127 Å². The Kier molecular flexibility index (Phi) is 3.44. The van der Waals surface area contributed by atoms with Crippen molar-refractivity contribution in [3.8, 4) is 0 Å². The molecule has 1 atom stereocenters. The maximum Gasteiger partial charge on any atom is 0.227 e. The zero-order valence-electron chi connectivity index (χ0n) is 12.4. The van der Waals surface area contributed by atoms with Crippen LogP contribution in [0.15, 0.2) is 11.4 Å². The van der Waals surface area contributed by atoms with E-state index < -0.39 is 0 Å². The van der Waals surface area contributed by atoms with Crippen LogP contribution < -0.4 is 15.5 Å². The average Bonchev–Trinajstić information content (AvgIpc) is 3.12. The van der Waals surface area contributed by atoms with E-state index in [1.54, 1.807) is 18.4 Å². The molecule has 21 heavy (non-hydrogen) atoms. The summed E-state index contributed by atoms with van der Waals surface area (Å²) in [6.07, 6.45) is 0.831. The minimum absolute atomic E-state index is 0.0921. The molecule has 2 aromatic rings. The molecule has 3 rings (SSSR count). The van der Waals surface area contributed by atoms with Crippen LogP contribution in [0, 0.1) is 5.41 Å². The van der Waals surface area contributed by atoms with E-state index >= 15 is 0 Å². The second kappa shape index (κ2) is 5.14. The fraction of sp³-hybridized carbons (Fsp3) is 0.500. The predicted molar refractivity (Wildman–Crippen MR) is 86.0 cm³/mol. The van der Waals surface area contributed by atoms with Gasteiger partial charge >= 0.3 is 0 Å². The molecule has 0 bridgehead atoms. The Morgan fingerprint density at radius 1 is 1.43 bits per heavy atom. The number of nitrogens with zero attached hydrogens (tertiary/aromatic N) is 3. The van der Waals surface area contributed by atoms with Crippen LogP contribution in [0.3, 0.4) is 0 Å². The van der Waals surface area contributed by atoms with Crippen LogP contribution >= 0.6 is 11.3 Å². The highest BCUT2D eigenvalue weighted by molar-refractivity contribution is 7.16. The van der Waals surface area contributed by atoms with E-state index in [0.29, 0.717) is 12.5 Å². The Morgan fingerprint density at radius 2 is 2.24 bits per heavy atom. The van der Waals surface area contributed by atoms with Gasteiger partial charge in [0.2, 0.25) is 11.9 Å². The highest BCUT2D eigenvalue weighted by atomic mass is 32.1. The summed E-state index contributed by atoms with van der Waals surface area (Å²) >= 11 is 1.60. The van der Waals surface area contributed by atoms with Gasteiger partial charge in [-0.1, -0.05) is 0 Å². The molecule has 2 N–H and O–H groups in total. The summed E-state index contributed by atoms with van der Waals surface area (Å²) in [6.45, 7) is 3.52. The number of fused-ring (bicyclic) bond motifs is 1. The highest BCUT2D eigenvalue weighted by Crippen LogP contribution is 2.36. The van der Waals surface area contributed by atoms with Crippen LogP contribution in [0.1, 0.15) is 13.3 Å². The summed E-state index contributed by atoms with van der Waals surface area (Å²) in [4.78, 5) is 24.3. The van der Waals surface area contributed by atoms with Crippen LogP contribution in [0.2, 0.25) is 0 Å². The zero-order valence-corrected chi connectivity index (χ0v) is 13.3. The number of amides is 1. The molecule has 6 nitrogen and oxygen atoms in total. The Bertz CT molecular complexity index is 685. The third-order valence-corrected chi connectivity index (χ3v) is 4.88. The molecule has 7 heteroatoms. The molecular formula is C14H19N5OS. The Balaban J connectivity index is 1.98. The van der Waals surface area contributed by atoms with E-state index in [1.165, 1.54) is 0 Å². The zero-order chi connectivity index (χ0) is 15.0. The summed E-state index contributed by atoms with van der Waals surface area (Å²) < 4.78 is 0. The van der Waals surface area contributed by atoms with Crippen LogP contribution in [-0.2, 0) is 4.79 Å². The van der Waals surface area contributed by atoms with E-state index in [0.717, 1.165) is 29.0 Å². The lowest BCUT2D eigenvalue weighted by Crippen LogP contribution is -2.39. The number of rotatable bonds is 3. The lowest BCUT2D eigenvalue weighted by Gasteiger charge is -2.23. The van der Waals surface area contributed by atoms with Crippen molar-refractivity contribution in [1.29, 1.82) is 0 Å². The number of nitrogens with one attached hydrogen (secondary N) is 2. The van der Waals surface area contributed by atoms with Crippen molar-refractivity contribution in [3.63, 3.8) is 0 Å². The van der Waals surface area contributed by atoms with E-state index in [9.17, 15) is 4.79 Å². The van der Waals surface area contributed by atoms with Crippen LogP contribution in [-0.4, -0.2) is 43.1 Å². The molecule has 0 aromatic carbocycles. The normalized spacial score (nSPS) is 21.8. The van der Waals surface area contributed by atoms with Gasteiger partial charge in [-0.25, -0.2) is 4.98 Å². The van der Waals surface area contributed by atoms with Gasteiger partial charge in [0.25, 0.3) is 0 Å². The maximum absolute atomic E-state index is 12.1. The summed E-state index contributed by atoms with van der Waals surface area (Å²) in [5, 5.41) is 8.85. The van der Waals surface area contributed by atoms with Gasteiger partial charge in [0.1, 0.15) is 10.6 Å². The van der Waals surface area contributed by atoms with Gasteiger partial charge in [-0.3, -0.25) is 4.79 Å². The third kappa shape index (κ3) is 2.31. The number of hydrogen-bond acceptors (Lipinski definition) is 6. The first kappa shape index (κ1) is 14.1. The van der Waals surface area contributed by atoms with E-state index in [1.807, 2.05) is 25.4 Å². The van der Waals surface area contributed by atoms with Crippen molar-refractivity contribution in [2.45, 2.75) is 13.3 Å². The molecule has 112 valence electrons. The van der Waals surface area contributed by atoms with Gasteiger partial charge < -0.3 is 15.5 Å². The number of carbonyl (C=O) groups is 1. The van der Waals surface area contributed by atoms with Crippen LogP contribution in [0.25, 0.3) is 10.2 Å². The predicted octanol–water partition coefficient (Wildman–Crippen LogP) is 1.70. The van der Waals surface area contributed by atoms with Gasteiger partial charge in [0, 0.05) is 27.2 Å². The molecule has 1 amide bonds. The van der Waals surface area contributed by atoms with Gasteiger partial charge in [0.15, 0.2) is 0 Å². The minimum atomic E-state index is -0.359. The van der Waals surface area contributed by atoms with Crippen LogP contribution in [0.5, 0.6) is 0 Å². The second-order valence-electron chi connectivity index (χ2n) is 5.57. The Morgan fingerprint density at radius 3 is 2.95 bits per heavy atom. The first-order chi connectivity index (χ1) is 10.1. The quantitative estimate of drug-likeness (QED) is 0.903. The molecule has 0 spiro atoms. The number of aromatic nitrogens is 2. The standard InChI is InChI=1S/C14H19N5OS/c1-14(12(20)15-2)5-6-19(8-14)10-9-4-7-21-11(9)18-13(16-3)17-10/h4,7H,5-6,8H2,1-3H3,(H,15,20)(H,16,17,18). The fourth-order valence-corrected chi connectivity index (χ4v) is 3.58. The SMILES string of the molecule is CNC(=O)C1(C)CCN(c2nc(NC)nc3sccc23)C1. The van der Waals surface area contributed by atoms with Crippen molar-refractivity contribution in [1.82, 2.24) is 15.3 Å². The lowest BCUT2D eigenvalue weighted by atomic mass is 9.89. The molecule has 0 radical (unpaired) electrons. The monoisotopic (exact) mass is 305 g/mol. The summed E-state index contributed by atoms with van der Waals surface area (Å²) in [7, 11) is 3.51. The maximum atomic E-state index is 12.1. The van der Waals surface area contributed by atoms with E-state index in [-0.39, 0.29) is 11.3 Å². The fourth-order valence-electron chi connectivity index (χ4n) is 2.82. The number of thiophene rings is 1. The topological polar surface area (TPSA) is 70.2 Å². The summed E-state index contributed by atoms with van der Waals surface area (Å²) in [5.41, 5.74) is -0.359. The molecule has 1 fully saturated rings. The number of anilines is 2. The van der Waals surface area contributed by atoms with E-state index in [4.69, 9.17) is 0 Å². The second-order valence-corrected chi connectivity index (χ2v) is 6.47. The molecule has 0 saturated carbocycles. The van der Waals surface area contributed by atoms with Gasteiger partial charge in [-0.2, -0.15) is 4.98 Å². The van der Waals surface area contributed by atoms with Gasteiger partial charge in [-0.05, 0) is 24.8 Å². The molecule has 0 aliphatic carbocycles. The van der Waals surface area contributed by atoms with Gasteiger partial charge in [0.05, 0.1) is 10.8 Å². The molecule has 2 aromatic heterocycles. The largest absolute Gasteiger partial charge is 0.359 e. The molecule has 1 aliphatic heterocycles. The lowest BCUT2D eigenvalue weighted by molar-refractivity contribution is -0.128. The number of hydrogen-bond donors (Lipinski definition) is 2. The van der Waals surface area contributed by atoms with Crippen molar-refractivity contribution in [3.05, 3.63) is 11.4 Å². The smallest absolute Gasteiger partial charge is 0.227 e. The van der Waals surface area contributed by atoms with Gasteiger partial charge in [-0.15, -0.1) is 11.3 Å².